The molecule has 1 N–H and O–H groups in total. The van der Waals surface area contributed by atoms with Crippen LogP contribution in [-0.4, -0.2) is 15.7 Å². The van der Waals surface area contributed by atoms with Gasteiger partial charge < -0.3 is 5.32 Å². The van der Waals surface area contributed by atoms with Gasteiger partial charge >= 0.3 is 0 Å². The fourth-order valence-electron chi connectivity index (χ4n) is 2.97. The van der Waals surface area contributed by atoms with Crippen LogP contribution in [0.2, 0.25) is 5.02 Å². The lowest BCUT2D eigenvalue weighted by atomic mass is 10.1. The molecular weight excluding hydrogens is 366 g/mol. The van der Waals surface area contributed by atoms with E-state index in [2.05, 4.69) is 5.32 Å². The summed E-state index contributed by atoms with van der Waals surface area (Å²) in [6.07, 6.45) is 0. The van der Waals surface area contributed by atoms with E-state index < -0.39 is 0 Å². The molecule has 0 saturated heterocycles. The zero-order chi connectivity index (χ0) is 18.3. The van der Waals surface area contributed by atoms with Crippen LogP contribution in [0.25, 0.3) is 5.69 Å². The van der Waals surface area contributed by atoms with Gasteiger partial charge in [-0.1, -0.05) is 17.7 Å². The van der Waals surface area contributed by atoms with Crippen molar-refractivity contribution < 1.29 is 4.79 Å². The minimum absolute atomic E-state index is 0.122. The van der Waals surface area contributed by atoms with Gasteiger partial charge in [0.15, 0.2) is 0 Å². The fraction of sp³-hybridized carbons (Fsp3) is 0.200. The molecule has 1 aliphatic rings. The first-order valence-electron chi connectivity index (χ1n) is 8.36. The summed E-state index contributed by atoms with van der Waals surface area (Å²) in [5.41, 5.74) is 5.93. The summed E-state index contributed by atoms with van der Waals surface area (Å²) in [6.45, 7) is 4.05. The molecular formula is C20H18ClN3OS. The molecule has 0 aliphatic carbocycles. The smallest absolute Gasteiger partial charge is 0.256 e. The van der Waals surface area contributed by atoms with Crippen molar-refractivity contribution in [2.24, 2.45) is 0 Å². The lowest BCUT2D eigenvalue weighted by molar-refractivity contribution is 0.102. The molecule has 1 amide bonds. The predicted molar refractivity (Wildman–Crippen MR) is 107 cm³/mol. The Hall–Kier alpha value is -2.24. The molecule has 3 aromatic rings. The van der Waals surface area contributed by atoms with Crippen LogP contribution in [0.5, 0.6) is 0 Å². The number of benzene rings is 2. The molecule has 1 aromatic heterocycles. The molecule has 6 heteroatoms. The van der Waals surface area contributed by atoms with Gasteiger partial charge in [-0.2, -0.15) is 16.9 Å². The molecule has 0 saturated carbocycles. The van der Waals surface area contributed by atoms with Crippen molar-refractivity contribution in [1.82, 2.24) is 9.78 Å². The molecule has 132 valence electrons. The Morgan fingerprint density at radius 1 is 1.12 bits per heavy atom. The highest BCUT2D eigenvalue weighted by molar-refractivity contribution is 7.98. The van der Waals surface area contributed by atoms with E-state index in [1.807, 2.05) is 68.1 Å². The van der Waals surface area contributed by atoms with E-state index in [1.54, 1.807) is 4.68 Å². The third-order valence-corrected chi connectivity index (χ3v) is 5.85. The SMILES string of the molecule is Cc1ccc(C(=O)Nc2c3c(nn2-c2ccc(Cl)cc2)CSC3)cc1C. The summed E-state index contributed by atoms with van der Waals surface area (Å²) in [4.78, 5) is 12.8. The van der Waals surface area contributed by atoms with Gasteiger partial charge in [0.05, 0.1) is 11.4 Å². The first-order valence-corrected chi connectivity index (χ1v) is 9.89. The van der Waals surface area contributed by atoms with Gasteiger partial charge in [-0.15, -0.1) is 0 Å². The standard InChI is InChI=1S/C20H18ClN3OS/c1-12-3-4-14(9-13(12)2)20(25)22-19-17-10-26-11-18(17)23-24(19)16-7-5-15(21)6-8-16/h3-9H,10-11H2,1-2H3,(H,22,25). The largest absolute Gasteiger partial charge is 0.306 e. The summed E-state index contributed by atoms with van der Waals surface area (Å²) in [5, 5.41) is 8.46. The summed E-state index contributed by atoms with van der Waals surface area (Å²) in [7, 11) is 0. The summed E-state index contributed by atoms with van der Waals surface area (Å²) in [5.74, 6) is 2.34. The van der Waals surface area contributed by atoms with Gasteiger partial charge in [0.2, 0.25) is 0 Å². The van der Waals surface area contributed by atoms with Crippen molar-refractivity contribution in [3.05, 3.63) is 75.4 Å². The van der Waals surface area contributed by atoms with Crippen LogP contribution in [0.1, 0.15) is 32.7 Å². The van der Waals surface area contributed by atoms with Crippen molar-refractivity contribution in [2.45, 2.75) is 25.4 Å². The number of halogens is 1. The molecule has 0 spiro atoms. The van der Waals surface area contributed by atoms with Crippen molar-refractivity contribution in [3.63, 3.8) is 0 Å². The summed E-state index contributed by atoms with van der Waals surface area (Å²) >= 11 is 7.81. The quantitative estimate of drug-likeness (QED) is 0.681. The van der Waals surface area contributed by atoms with Crippen molar-refractivity contribution in [3.8, 4) is 5.69 Å². The van der Waals surface area contributed by atoms with Crippen LogP contribution in [0, 0.1) is 13.8 Å². The maximum absolute atomic E-state index is 12.8. The number of carbonyl (C=O) groups is 1. The molecule has 26 heavy (non-hydrogen) atoms. The summed E-state index contributed by atoms with van der Waals surface area (Å²) < 4.78 is 1.81. The van der Waals surface area contributed by atoms with Crippen LogP contribution in [0.3, 0.4) is 0 Å². The molecule has 0 radical (unpaired) electrons. The lowest BCUT2D eigenvalue weighted by Gasteiger charge is -2.12. The van der Waals surface area contributed by atoms with E-state index in [0.29, 0.717) is 10.6 Å². The number of thioether (sulfide) groups is 1. The number of aryl methyl sites for hydroxylation is 2. The third kappa shape index (κ3) is 3.13. The van der Waals surface area contributed by atoms with Crippen LogP contribution in [0.4, 0.5) is 5.82 Å². The maximum Gasteiger partial charge on any atom is 0.256 e. The fourth-order valence-corrected chi connectivity index (χ4v) is 4.13. The van der Waals surface area contributed by atoms with E-state index in [-0.39, 0.29) is 5.91 Å². The predicted octanol–water partition coefficient (Wildman–Crippen LogP) is 5.14. The number of nitrogens with one attached hydrogen (secondary N) is 1. The van der Waals surface area contributed by atoms with E-state index in [9.17, 15) is 4.79 Å². The minimum Gasteiger partial charge on any atom is -0.306 e. The van der Waals surface area contributed by atoms with Gasteiger partial charge in [0.1, 0.15) is 5.82 Å². The number of fused-ring (bicyclic) bond motifs is 1. The van der Waals surface area contributed by atoms with Crippen LogP contribution < -0.4 is 5.32 Å². The Bertz CT molecular complexity index is 995. The highest BCUT2D eigenvalue weighted by Gasteiger charge is 2.25. The first-order chi connectivity index (χ1) is 12.5. The highest BCUT2D eigenvalue weighted by atomic mass is 35.5. The van der Waals surface area contributed by atoms with Crippen LogP contribution >= 0.6 is 23.4 Å². The van der Waals surface area contributed by atoms with Crippen molar-refractivity contribution in [2.75, 3.05) is 5.32 Å². The van der Waals surface area contributed by atoms with Gasteiger partial charge in [0.25, 0.3) is 5.91 Å². The van der Waals surface area contributed by atoms with Crippen LogP contribution in [0.15, 0.2) is 42.5 Å². The van der Waals surface area contributed by atoms with E-state index >= 15 is 0 Å². The number of aromatic nitrogens is 2. The molecule has 4 nitrogen and oxygen atoms in total. The number of rotatable bonds is 3. The van der Waals surface area contributed by atoms with E-state index in [0.717, 1.165) is 39.8 Å². The van der Waals surface area contributed by atoms with Gasteiger partial charge in [-0.3, -0.25) is 4.79 Å². The normalized spacial score (nSPS) is 12.9. The monoisotopic (exact) mass is 383 g/mol. The number of hydrogen-bond donors (Lipinski definition) is 1. The van der Waals surface area contributed by atoms with Gasteiger partial charge in [-0.05, 0) is 61.4 Å². The Kier molecular flexibility index (Phi) is 4.51. The van der Waals surface area contributed by atoms with Crippen molar-refractivity contribution >= 4 is 35.1 Å². The summed E-state index contributed by atoms with van der Waals surface area (Å²) in [6, 6.07) is 13.2. The van der Waals surface area contributed by atoms with Crippen LogP contribution in [-0.2, 0) is 11.5 Å². The Balaban J connectivity index is 1.72. The second-order valence-electron chi connectivity index (χ2n) is 6.41. The Morgan fingerprint density at radius 2 is 1.88 bits per heavy atom. The third-order valence-electron chi connectivity index (χ3n) is 4.62. The molecule has 2 aromatic carbocycles. The molecule has 0 unspecified atom stereocenters. The van der Waals surface area contributed by atoms with Gasteiger partial charge in [0, 0.05) is 27.7 Å². The highest BCUT2D eigenvalue weighted by Crippen LogP contribution is 2.36. The molecule has 0 bridgehead atoms. The average Bonchev–Trinajstić information content (AvgIpc) is 3.21. The number of amides is 1. The molecule has 2 heterocycles. The zero-order valence-electron chi connectivity index (χ0n) is 14.5. The first kappa shape index (κ1) is 17.2. The van der Waals surface area contributed by atoms with E-state index in [1.165, 1.54) is 5.56 Å². The van der Waals surface area contributed by atoms with Crippen molar-refractivity contribution in [1.29, 1.82) is 0 Å². The topological polar surface area (TPSA) is 46.9 Å². The molecule has 4 rings (SSSR count). The molecule has 0 fully saturated rings. The van der Waals surface area contributed by atoms with Gasteiger partial charge in [-0.25, -0.2) is 4.68 Å². The maximum atomic E-state index is 12.8. The number of carbonyl (C=O) groups excluding carboxylic acids is 1. The van der Waals surface area contributed by atoms with E-state index in [4.69, 9.17) is 16.7 Å². The average molecular weight is 384 g/mol. The number of anilines is 1. The number of hydrogen-bond acceptors (Lipinski definition) is 3. The Morgan fingerprint density at radius 3 is 2.62 bits per heavy atom. The minimum atomic E-state index is -0.122. The Labute approximate surface area is 161 Å². The zero-order valence-corrected chi connectivity index (χ0v) is 16.1. The number of nitrogens with zero attached hydrogens (tertiary/aromatic N) is 2. The molecule has 1 aliphatic heterocycles. The molecule has 0 atom stereocenters. The lowest BCUT2D eigenvalue weighted by Crippen LogP contribution is -2.16. The second kappa shape index (κ2) is 6.82. The second-order valence-corrected chi connectivity index (χ2v) is 7.83.